The van der Waals surface area contributed by atoms with E-state index in [0.29, 0.717) is 27.9 Å². The van der Waals surface area contributed by atoms with Gasteiger partial charge in [-0.15, -0.1) is 0 Å². The summed E-state index contributed by atoms with van der Waals surface area (Å²) in [5.41, 5.74) is 3.57. The molecule has 0 saturated heterocycles. The number of nitrogens with zero attached hydrogens (tertiary/aromatic N) is 1. The van der Waals surface area contributed by atoms with Crippen LogP contribution in [0.3, 0.4) is 0 Å². The third kappa shape index (κ3) is 9.77. The Hall–Kier alpha value is -4.67. The predicted molar refractivity (Wildman–Crippen MR) is 199 cm³/mol. The molecule has 4 rings (SSSR count). The zero-order chi connectivity index (χ0) is 37.5. The highest BCUT2D eigenvalue weighted by molar-refractivity contribution is 6.74. The molecule has 0 aliphatic carbocycles. The van der Waals surface area contributed by atoms with E-state index in [-0.39, 0.29) is 42.0 Å². The summed E-state index contributed by atoms with van der Waals surface area (Å²) in [5.74, 6) is -2.31. The average Bonchev–Trinajstić information content (AvgIpc) is 3.42. The Kier molecular flexibility index (Phi) is 12.7. The van der Waals surface area contributed by atoms with Crippen molar-refractivity contribution in [3.63, 3.8) is 0 Å². The molecule has 0 fully saturated rings. The lowest BCUT2D eigenvalue weighted by atomic mass is 9.94. The van der Waals surface area contributed by atoms with Crippen molar-refractivity contribution in [3.05, 3.63) is 114 Å². The Balaban J connectivity index is 1.89. The maximum Gasteiger partial charge on any atom is 0.355 e. The van der Waals surface area contributed by atoms with E-state index >= 15 is 0 Å². The number of ketones is 1. The van der Waals surface area contributed by atoms with Gasteiger partial charge in [-0.05, 0) is 85.1 Å². The molecule has 7 nitrogen and oxygen atoms in total. The quantitative estimate of drug-likeness (QED) is 0.0734. The fraction of sp³-hybridized carbons (Fsp3) is 0.341. The van der Waals surface area contributed by atoms with E-state index in [1.54, 1.807) is 34.9 Å². The van der Waals surface area contributed by atoms with Gasteiger partial charge in [0.2, 0.25) is 0 Å². The number of esters is 2. The summed E-state index contributed by atoms with van der Waals surface area (Å²) in [4.78, 5) is 40.2. The second-order valence-electron chi connectivity index (χ2n) is 14.3. The van der Waals surface area contributed by atoms with Crippen molar-refractivity contribution in [1.29, 1.82) is 0 Å². The topological polar surface area (TPSA) is 83.8 Å². The molecule has 270 valence electrons. The molecule has 0 radical (unpaired) electrons. The molecule has 0 spiro atoms. The highest BCUT2D eigenvalue weighted by atomic mass is 28.4. The Labute approximate surface area is 300 Å². The van der Waals surface area contributed by atoms with Crippen LogP contribution in [0.4, 0.5) is 8.78 Å². The fourth-order valence-corrected chi connectivity index (χ4v) is 6.94. The van der Waals surface area contributed by atoms with Crippen molar-refractivity contribution in [2.75, 3.05) is 7.11 Å². The Morgan fingerprint density at radius 3 is 1.88 bits per heavy atom. The van der Waals surface area contributed by atoms with Gasteiger partial charge in [-0.1, -0.05) is 75.4 Å². The monoisotopic (exact) mass is 715 g/mol. The number of carbonyl (C=O) groups is 3. The van der Waals surface area contributed by atoms with Crippen LogP contribution in [-0.2, 0) is 30.1 Å². The van der Waals surface area contributed by atoms with E-state index in [9.17, 15) is 23.2 Å². The Morgan fingerprint density at radius 2 is 1.37 bits per heavy atom. The fourth-order valence-electron chi connectivity index (χ4n) is 5.59. The van der Waals surface area contributed by atoms with Crippen LogP contribution >= 0.6 is 0 Å². The van der Waals surface area contributed by atoms with E-state index in [1.165, 1.54) is 37.5 Å². The summed E-state index contributed by atoms with van der Waals surface area (Å²) in [6.07, 6.45) is 2.17. The normalized spacial score (nSPS) is 12.7. The molecule has 0 amide bonds. The average molecular weight is 716 g/mol. The highest BCUT2D eigenvalue weighted by Gasteiger charge is 2.40. The van der Waals surface area contributed by atoms with Crippen LogP contribution in [0, 0.1) is 11.6 Å². The van der Waals surface area contributed by atoms with Gasteiger partial charge in [-0.25, -0.2) is 13.6 Å². The van der Waals surface area contributed by atoms with Crippen LogP contribution in [0.15, 0.2) is 84.9 Å². The largest absolute Gasteiger partial charge is 0.469 e. The predicted octanol–water partition coefficient (Wildman–Crippen LogP) is 9.96. The van der Waals surface area contributed by atoms with Gasteiger partial charge < -0.3 is 18.5 Å². The molecule has 0 aliphatic rings. The summed E-state index contributed by atoms with van der Waals surface area (Å²) in [6, 6.07) is 20.5. The molecule has 1 aromatic heterocycles. The van der Waals surface area contributed by atoms with Crippen molar-refractivity contribution in [1.82, 2.24) is 4.57 Å². The minimum absolute atomic E-state index is 0.0111. The summed E-state index contributed by atoms with van der Waals surface area (Å²) in [7, 11) is -1.07. The van der Waals surface area contributed by atoms with Crippen molar-refractivity contribution in [2.45, 2.75) is 84.3 Å². The number of allylic oxidation sites excluding steroid dienone is 1. The standard InChI is InChI=1S/C41H47F2NO6Si/c1-27(2)44-35(23-22-33(45)24-34(25-36(46)48-6)50-51(7,8)41(3,4)5)37(29-14-18-31(42)19-15-29)38(30-16-20-32(43)21-17-30)39(44)40(47)49-26-28-12-10-9-11-13-28/h9-23,27,34H,24-26H2,1-8H3/b23-22+/t34-/m1/s1. The number of carbonyl (C=O) groups excluding carboxylic acids is 3. The van der Waals surface area contributed by atoms with Gasteiger partial charge in [0.05, 0.1) is 25.3 Å². The molecule has 1 heterocycles. The van der Waals surface area contributed by atoms with E-state index < -0.39 is 38.0 Å². The molecule has 3 aromatic carbocycles. The van der Waals surface area contributed by atoms with Gasteiger partial charge in [0, 0.05) is 23.6 Å². The number of hydrogen-bond acceptors (Lipinski definition) is 6. The van der Waals surface area contributed by atoms with Gasteiger partial charge in [-0.2, -0.15) is 0 Å². The molecule has 0 unspecified atom stereocenters. The van der Waals surface area contributed by atoms with Crippen molar-refractivity contribution in [2.24, 2.45) is 0 Å². The first kappa shape index (κ1) is 39.1. The van der Waals surface area contributed by atoms with E-state index in [4.69, 9.17) is 13.9 Å². The number of rotatable bonds is 14. The molecule has 0 bridgehead atoms. The molecule has 0 aliphatic heterocycles. The molecule has 51 heavy (non-hydrogen) atoms. The number of hydrogen-bond donors (Lipinski definition) is 0. The van der Waals surface area contributed by atoms with Crippen LogP contribution in [0.5, 0.6) is 0 Å². The molecule has 1 atom stereocenters. The number of benzene rings is 3. The van der Waals surface area contributed by atoms with Gasteiger partial charge >= 0.3 is 11.9 Å². The smallest absolute Gasteiger partial charge is 0.355 e. The molecule has 4 aromatic rings. The Morgan fingerprint density at radius 1 is 0.824 bits per heavy atom. The maximum absolute atomic E-state index is 14.2. The second kappa shape index (κ2) is 16.6. The lowest BCUT2D eigenvalue weighted by Gasteiger charge is -2.39. The first-order valence-corrected chi connectivity index (χ1v) is 19.9. The van der Waals surface area contributed by atoms with Gasteiger partial charge in [0.15, 0.2) is 14.1 Å². The summed E-state index contributed by atoms with van der Waals surface area (Å²) in [6.45, 7) is 14.1. The number of methoxy groups -OCH3 is 1. The third-order valence-electron chi connectivity index (χ3n) is 9.18. The van der Waals surface area contributed by atoms with Gasteiger partial charge in [0.1, 0.15) is 23.9 Å². The zero-order valence-electron chi connectivity index (χ0n) is 30.6. The van der Waals surface area contributed by atoms with Crippen LogP contribution < -0.4 is 0 Å². The molecular formula is C41H47F2NO6Si. The number of ether oxygens (including phenoxy) is 2. The zero-order valence-corrected chi connectivity index (χ0v) is 31.6. The maximum atomic E-state index is 14.2. The Bertz CT molecular complexity index is 1860. The van der Waals surface area contributed by atoms with Gasteiger partial charge in [-0.3, -0.25) is 9.59 Å². The van der Waals surface area contributed by atoms with Crippen LogP contribution in [0.1, 0.15) is 75.2 Å². The van der Waals surface area contributed by atoms with Crippen molar-refractivity contribution >= 4 is 32.1 Å². The van der Waals surface area contributed by atoms with Crippen LogP contribution in [0.25, 0.3) is 28.3 Å². The second-order valence-corrected chi connectivity index (χ2v) is 19.1. The lowest BCUT2D eigenvalue weighted by molar-refractivity contribution is -0.142. The van der Waals surface area contributed by atoms with Crippen molar-refractivity contribution < 1.29 is 37.1 Å². The first-order valence-electron chi connectivity index (χ1n) is 17.0. The molecular weight excluding hydrogens is 669 g/mol. The SMILES string of the molecule is COC(=O)C[C@@H](CC(=O)/C=C/c1c(-c2ccc(F)cc2)c(-c2ccc(F)cc2)c(C(=O)OCc2ccccc2)n1C(C)C)O[Si](C)(C)C(C)(C)C. The summed E-state index contributed by atoms with van der Waals surface area (Å²) >= 11 is 0. The van der Waals surface area contributed by atoms with Crippen molar-refractivity contribution in [3.8, 4) is 22.3 Å². The van der Waals surface area contributed by atoms with Gasteiger partial charge in [0.25, 0.3) is 0 Å². The van der Waals surface area contributed by atoms with Crippen LogP contribution in [0.2, 0.25) is 18.1 Å². The number of aromatic nitrogens is 1. The number of halogens is 2. The summed E-state index contributed by atoms with van der Waals surface area (Å²) in [5, 5.41) is -0.162. The third-order valence-corrected chi connectivity index (χ3v) is 13.7. The first-order chi connectivity index (χ1) is 24.0. The minimum atomic E-state index is -2.37. The molecule has 10 heteroatoms. The van der Waals surface area contributed by atoms with E-state index in [1.807, 2.05) is 44.2 Å². The molecule has 0 saturated carbocycles. The lowest BCUT2D eigenvalue weighted by Crippen LogP contribution is -2.44. The van der Waals surface area contributed by atoms with Crippen LogP contribution in [-0.4, -0.2) is 43.8 Å². The molecule has 0 N–H and O–H groups in total. The van der Waals surface area contributed by atoms with E-state index in [2.05, 4.69) is 33.9 Å². The highest BCUT2D eigenvalue weighted by Crippen LogP contribution is 2.43. The minimum Gasteiger partial charge on any atom is -0.469 e. The van der Waals surface area contributed by atoms with E-state index in [0.717, 1.165) is 5.56 Å². The summed E-state index contributed by atoms with van der Waals surface area (Å²) < 4.78 is 47.5.